The summed E-state index contributed by atoms with van der Waals surface area (Å²) in [5.74, 6) is 0.700. The largest absolute Gasteiger partial charge is 0.378 e. The smallest absolute Gasteiger partial charge is 0.240 e. The van der Waals surface area contributed by atoms with E-state index in [4.69, 9.17) is 0 Å². The van der Waals surface area contributed by atoms with Crippen molar-refractivity contribution in [3.05, 3.63) is 54.6 Å². The molecule has 1 aliphatic heterocycles. The first-order valence-electron chi connectivity index (χ1n) is 9.66. The quantitative estimate of drug-likeness (QED) is 0.536. The normalized spacial score (nSPS) is 13.9. The molecule has 0 radical (unpaired) electrons. The Labute approximate surface area is 170 Å². The van der Waals surface area contributed by atoms with Crippen LogP contribution in [0.1, 0.15) is 0 Å². The van der Waals surface area contributed by atoms with E-state index < -0.39 is 0 Å². The van der Waals surface area contributed by atoms with Gasteiger partial charge in [0.2, 0.25) is 6.08 Å². The molecule has 1 saturated heterocycles. The third kappa shape index (κ3) is 3.86. The molecule has 7 nitrogen and oxygen atoms in total. The molecular weight excluding hydrogens is 364 g/mol. The van der Waals surface area contributed by atoms with Gasteiger partial charge in [-0.1, -0.05) is 30.3 Å². The van der Waals surface area contributed by atoms with Crippen molar-refractivity contribution in [2.45, 2.75) is 0 Å². The molecule has 2 aromatic carbocycles. The maximum atomic E-state index is 11.1. The number of benzene rings is 2. The van der Waals surface area contributed by atoms with Gasteiger partial charge in [-0.25, -0.2) is 4.79 Å². The van der Waals surface area contributed by atoms with Crippen molar-refractivity contribution in [3.63, 3.8) is 0 Å². The number of H-pyrrole nitrogens is 1. The van der Waals surface area contributed by atoms with Crippen LogP contribution in [0.2, 0.25) is 0 Å². The lowest BCUT2D eigenvalue weighted by molar-refractivity contribution is 0.565. The van der Waals surface area contributed by atoms with Gasteiger partial charge < -0.3 is 14.7 Å². The second-order valence-electron chi connectivity index (χ2n) is 7.23. The van der Waals surface area contributed by atoms with Gasteiger partial charge in [0.15, 0.2) is 5.82 Å². The van der Waals surface area contributed by atoms with Gasteiger partial charge >= 0.3 is 0 Å². The van der Waals surface area contributed by atoms with Crippen molar-refractivity contribution in [1.82, 2.24) is 10.2 Å². The molecule has 148 valence electrons. The van der Waals surface area contributed by atoms with E-state index in [1.165, 1.54) is 5.69 Å². The lowest BCUT2D eigenvalue weighted by atomic mass is 10.1. The van der Waals surface area contributed by atoms with Gasteiger partial charge in [-0.15, -0.1) is 0 Å². The summed E-state index contributed by atoms with van der Waals surface area (Å²) in [5.41, 5.74) is 4.51. The first-order valence-corrected chi connectivity index (χ1v) is 9.66. The predicted molar refractivity (Wildman–Crippen MR) is 117 cm³/mol. The highest BCUT2D eigenvalue weighted by molar-refractivity contribution is 5.84. The number of carbonyl (C=O) groups excluding carboxylic acids is 1. The number of hydrogen-bond acceptors (Lipinski definition) is 6. The number of isocyanates is 1. The van der Waals surface area contributed by atoms with Gasteiger partial charge in [0.25, 0.3) is 0 Å². The monoisotopic (exact) mass is 388 g/mol. The Morgan fingerprint density at radius 2 is 1.72 bits per heavy atom. The van der Waals surface area contributed by atoms with Crippen LogP contribution in [0, 0.1) is 0 Å². The number of aromatic amines is 1. The Balaban J connectivity index is 1.59. The van der Waals surface area contributed by atoms with Crippen LogP contribution in [-0.2, 0) is 4.79 Å². The number of anilines is 3. The molecule has 29 heavy (non-hydrogen) atoms. The Bertz CT molecular complexity index is 1010. The zero-order valence-corrected chi connectivity index (χ0v) is 16.7. The second-order valence-corrected chi connectivity index (χ2v) is 7.23. The van der Waals surface area contributed by atoms with Crippen molar-refractivity contribution in [2.75, 3.05) is 55.0 Å². The number of para-hydroxylation sites is 1. The number of nitrogens with zero attached hydrogens (tertiary/aromatic N) is 5. The van der Waals surface area contributed by atoms with Crippen molar-refractivity contribution < 1.29 is 4.79 Å². The highest BCUT2D eigenvalue weighted by Gasteiger charge is 2.24. The molecule has 1 aromatic heterocycles. The maximum absolute atomic E-state index is 11.1. The van der Waals surface area contributed by atoms with Gasteiger partial charge in [0.05, 0.1) is 5.69 Å². The minimum absolute atomic E-state index is 0.545. The number of hydrogen-bond donors (Lipinski definition) is 1. The maximum Gasteiger partial charge on any atom is 0.240 e. The summed E-state index contributed by atoms with van der Waals surface area (Å²) in [6, 6.07) is 18.4. The summed E-state index contributed by atoms with van der Waals surface area (Å²) in [6.07, 6.45) is 1.70. The standard InChI is InChI=1S/C22H24N6O/c1-26(2)19-10-6-7-17(15-19)20-21(23-16-29)22(25-24-20)28-13-11-27(12-14-28)18-8-4-3-5-9-18/h3-10,15H,11-14H2,1-2H3,(H,24,25). The first kappa shape index (κ1) is 18.8. The number of aliphatic imine (C=N–C) groups is 1. The van der Waals surface area contributed by atoms with E-state index in [1.54, 1.807) is 6.08 Å². The van der Waals surface area contributed by atoms with Crippen LogP contribution in [-0.4, -0.2) is 56.6 Å². The minimum atomic E-state index is 0.545. The molecule has 4 rings (SSSR count). The molecule has 0 bridgehead atoms. The summed E-state index contributed by atoms with van der Waals surface area (Å²) in [4.78, 5) is 21.7. The van der Waals surface area contributed by atoms with Gasteiger partial charge in [-0.05, 0) is 24.3 Å². The zero-order chi connectivity index (χ0) is 20.2. The van der Waals surface area contributed by atoms with E-state index >= 15 is 0 Å². The average Bonchev–Trinajstić information content (AvgIpc) is 3.18. The second kappa shape index (κ2) is 8.20. The predicted octanol–water partition coefficient (Wildman–Crippen LogP) is 3.44. The molecule has 0 spiro atoms. The summed E-state index contributed by atoms with van der Waals surface area (Å²) >= 11 is 0. The fourth-order valence-electron chi connectivity index (χ4n) is 3.65. The molecule has 2 heterocycles. The number of piperazine rings is 1. The van der Waals surface area contributed by atoms with E-state index in [1.807, 2.05) is 43.3 Å². The zero-order valence-electron chi connectivity index (χ0n) is 16.7. The molecule has 7 heteroatoms. The summed E-state index contributed by atoms with van der Waals surface area (Å²) < 4.78 is 0. The van der Waals surface area contributed by atoms with E-state index in [2.05, 4.69) is 55.3 Å². The fourth-order valence-corrected chi connectivity index (χ4v) is 3.65. The summed E-state index contributed by atoms with van der Waals surface area (Å²) in [7, 11) is 3.99. The van der Waals surface area contributed by atoms with E-state index in [-0.39, 0.29) is 0 Å². The molecule has 1 N–H and O–H groups in total. The number of rotatable bonds is 5. The fraction of sp³-hybridized carbons (Fsp3) is 0.273. The van der Waals surface area contributed by atoms with Gasteiger partial charge in [-0.2, -0.15) is 10.1 Å². The van der Waals surface area contributed by atoms with Crippen molar-refractivity contribution in [2.24, 2.45) is 4.99 Å². The van der Waals surface area contributed by atoms with Crippen LogP contribution in [0.5, 0.6) is 0 Å². The van der Waals surface area contributed by atoms with Gasteiger partial charge in [0.1, 0.15) is 5.69 Å². The topological polar surface area (TPSA) is 67.8 Å². The molecule has 1 aliphatic rings. The van der Waals surface area contributed by atoms with Crippen LogP contribution >= 0.6 is 0 Å². The summed E-state index contributed by atoms with van der Waals surface area (Å²) in [6.45, 7) is 3.37. The lowest BCUT2D eigenvalue weighted by Gasteiger charge is -2.36. The summed E-state index contributed by atoms with van der Waals surface area (Å²) in [5, 5.41) is 7.59. The van der Waals surface area contributed by atoms with Crippen molar-refractivity contribution in [1.29, 1.82) is 0 Å². The Morgan fingerprint density at radius 3 is 2.41 bits per heavy atom. The Kier molecular flexibility index (Phi) is 5.31. The van der Waals surface area contributed by atoms with Gasteiger partial charge in [-0.3, -0.25) is 5.10 Å². The third-order valence-electron chi connectivity index (χ3n) is 5.23. The van der Waals surface area contributed by atoms with Crippen LogP contribution in [0.3, 0.4) is 0 Å². The number of aromatic nitrogens is 2. The van der Waals surface area contributed by atoms with E-state index in [0.29, 0.717) is 11.5 Å². The molecule has 0 aliphatic carbocycles. The SMILES string of the molecule is CN(C)c1cccc(-c2[nH]nc(N3CCN(c4ccccc4)CC3)c2N=C=O)c1. The molecule has 0 saturated carbocycles. The van der Waals surface area contributed by atoms with Crippen LogP contribution < -0.4 is 14.7 Å². The molecular formula is C22H24N6O. The molecule has 0 atom stereocenters. The van der Waals surface area contributed by atoms with Gasteiger partial charge in [0, 0.05) is 57.2 Å². The minimum Gasteiger partial charge on any atom is -0.378 e. The molecule has 0 amide bonds. The van der Waals surface area contributed by atoms with Crippen LogP contribution in [0.15, 0.2) is 59.6 Å². The van der Waals surface area contributed by atoms with E-state index in [0.717, 1.165) is 43.1 Å². The average molecular weight is 388 g/mol. The third-order valence-corrected chi connectivity index (χ3v) is 5.23. The molecule has 1 fully saturated rings. The Morgan fingerprint density at radius 1 is 1.00 bits per heavy atom. The first-order chi connectivity index (χ1) is 14.2. The highest BCUT2D eigenvalue weighted by atomic mass is 16.1. The Hall–Kier alpha value is -3.57. The number of nitrogens with one attached hydrogen (secondary N) is 1. The van der Waals surface area contributed by atoms with Crippen LogP contribution in [0.4, 0.5) is 22.9 Å². The molecule has 0 unspecified atom stereocenters. The highest BCUT2D eigenvalue weighted by Crippen LogP contribution is 2.38. The van der Waals surface area contributed by atoms with E-state index in [9.17, 15) is 4.79 Å². The van der Waals surface area contributed by atoms with Crippen LogP contribution in [0.25, 0.3) is 11.3 Å². The van der Waals surface area contributed by atoms with Crippen molar-refractivity contribution in [3.8, 4) is 11.3 Å². The lowest BCUT2D eigenvalue weighted by Crippen LogP contribution is -2.46. The molecule has 3 aromatic rings. The van der Waals surface area contributed by atoms with Crippen molar-refractivity contribution >= 4 is 29.0 Å².